The van der Waals surface area contributed by atoms with Crippen molar-refractivity contribution in [1.82, 2.24) is 5.32 Å². The first kappa shape index (κ1) is 9.77. The number of hydrogen-bond acceptors (Lipinski definition) is 3. The molecule has 0 saturated carbocycles. The first-order valence-electron chi connectivity index (χ1n) is 4.78. The molecule has 1 aromatic rings. The largest absolute Gasteiger partial charge is 0.378 e. The molecular formula is C11H13NOS. The summed E-state index contributed by atoms with van der Waals surface area (Å²) in [5.41, 5.74) is 1.12. The SMILES string of the molecule is S=C(c1ccccc1)C1COCCN1. The number of benzene rings is 1. The standard InChI is InChI=1S/C11H13NOS/c14-11(9-4-2-1-3-5-9)10-8-13-7-6-12-10/h1-5,10,12H,6-8H2. The van der Waals surface area contributed by atoms with Gasteiger partial charge in [0.15, 0.2) is 0 Å². The Morgan fingerprint density at radius 3 is 2.79 bits per heavy atom. The maximum absolute atomic E-state index is 5.40. The minimum Gasteiger partial charge on any atom is -0.378 e. The Balaban J connectivity index is 2.07. The molecule has 0 spiro atoms. The fourth-order valence-corrected chi connectivity index (χ4v) is 1.82. The second kappa shape index (κ2) is 4.64. The van der Waals surface area contributed by atoms with Gasteiger partial charge in [0.2, 0.25) is 0 Å². The van der Waals surface area contributed by atoms with Crippen LogP contribution >= 0.6 is 12.2 Å². The van der Waals surface area contributed by atoms with Gasteiger partial charge in [0.1, 0.15) is 0 Å². The van der Waals surface area contributed by atoms with Gasteiger partial charge in [-0.3, -0.25) is 0 Å². The van der Waals surface area contributed by atoms with Gasteiger partial charge < -0.3 is 10.1 Å². The summed E-state index contributed by atoms with van der Waals surface area (Å²) < 4.78 is 5.37. The van der Waals surface area contributed by atoms with Crippen molar-refractivity contribution in [2.24, 2.45) is 0 Å². The van der Waals surface area contributed by atoms with E-state index in [1.807, 2.05) is 30.3 Å². The zero-order valence-corrected chi connectivity index (χ0v) is 8.72. The van der Waals surface area contributed by atoms with Crippen LogP contribution in [-0.2, 0) is 4.74 Å². The fraction of sp³-hybridized carbons (Fsp3) is 0.364. The second-order valence-corrected chi connectivity index (χ2v) is 3.75. The van der Waals surface area contributed by atoms with E-state index in [2.05, 4.69) is 5.32 Å². The lowest BCUT2D eigenvalue weighted by Gasteiger charge is -2.24. The summed E-state index contributed by atoms with van der Waals surface area (Å²) >= 11 is 5.40. The summed E-state index contributed by atoms with van der Waals surface area (Å²) in [7, 11) is 0. The molecule has 0 bridgehead atoms. The summed E-state index contributed by atoms with van der Waals surface area (Å²) in [5, 5.41) is 3.35. The van der Waals surface area contributed by atoms with E-state index in [0.717, 1.165) is 23.6 Å². The normalized spacial score (nSPS) is 21.9. The van der Waals surface area contributed by atoms with Crippen molar-refractivity contribution in [2.45, 2.75) is 6.04 Å². The molecule has 14 heavy (non-hydrogen) atoms. The Bertz CT molecular complexity index is 306. The second-order valence-electron chi connectivity index (χ2n) is 3.31. The van der Waals surface area contributed by atoms with Crippen LogP contribution in [0, 0.1) is 0 Å². The maximum Gasteiger partial charge on any atom is 0.0670 e. The summed E-state index contributed by atoms with van der Waals surface area (Å²) in [6.45, 7) is 2.36. The van der Waals surface area contributed by atoms with Crippen molar-refractivity contribution in [3.8, 4) is 0 Å². The highest BCUT2D eigenvalue weighted by Gasteiger charge is 2.18. The predicted molar refractivity (Wildman–Crippen MR) is 60.8 cm³/mol. The molecule has 3 heteroatoms. The molecule has 74 valence electrons. The monoisotopic (exact) mass is 207 g/mol. The molecule has 0 radical (unpaired) electrons. The summed E-state index contributed by atoms with van der Waals surface area (Å²) in [4.78, 5) is 0.949. The molecule has 1 fully saturated rings. The molecule has 2 rings (SSSR count). The first-order chi connectivity index (χ1) is 6.88. The van der Waals surface area contributed by atoms with Crippen LogP contribution in [-0.4, -0.2) is 30.7 Å². The fourth-order valence-electron chi connectivity index (χ4n) is 1.54. The van der Waals surface area contributed by atoms with Gasteiger partial charge in [-0.2, -0.15) is 0 Å². The molecule has 1 atom stereocenters. The van der Waals surface area contributed by atoms with Crippen LogP contribution in [0.15, 0.2) is 30.3 Å². The topological polar surface area (TPSA) is 21.3 Å². The molecule has 0 aliphatic carbocycles. The Labute approximate surface area is 89.3 Å². The van der Waals surface area contributed by atoms with Gasteiger partial charge in [-0.05, 0) is 5.56 Å². The highest BCUT2D eigenvalue weighted by Crippen LogP contribution is 2.07. The molecule has 0 amide bonds. The third-order valence-electron chi connectivity index (χ3n) is 2.30. The van der Waals surface area contributed by atoms with E-state index < -0.39 is 0 Å². The highest BCUT2D eigenvalue weighted by atomic mass is 32.1. The Morgan fingerprint density at radius 2 is 2.14 bits per heavy atom. The van der Waals surface area contributed by atoms with Crippen molar-refractivity contribution in [1.29, 1.82) is 0 Å². The van der Waals surface area contributed by atoms with Gasteiger partial charge in [0.05, 0.1) is 19.3 Å². The van der Waals surface area contributed by atoms with Gasteiger partial charge in [0, 0.05) is 11.4 Å². The van der Waals surface area contributed by atoms with Crippen molar-refractivity contribution in [3.05, 3.63) is 35.9 Å². The Morgan fingerprint density at radius 1 is 1.36 bits per heavy atom. The number of rotatable bonds is 2. The molecule has 1 heterocycles. The van der Waals surface area contributed by atoms with E-state index in [4.69, 9.17) is 17.0 Å². The number of hydrogen-bond donors (Lipinski definition) is 1. The van der Waals surface area contributed by atoms with Crippen LogP contribution < -0.4 is 5.32 Å². The number of ether oxygens (including phenoxy) is 1. The molecule has 1 aliphatic heterocycles. The van der Waals surface area contributed by atoms with E-state index in [0.29, 0.717) is 6.61 Å². The van der Waals surface area contributed by atoms with Gasteiger partial charge in [-0.1, -0.05) is 42.5 Å². The quantitative estimate of drug-likeness (QED) is 0.585. The molecule has 1 saturated heterocycles. The molecule has 1 aliphatic rings. The zero-order valence-electron chi connectivity index (χ0n) is 7.90. The average molecular weight is 207 g/mol. The minimum absolute atomic E-state index is 0.196. The van der Waals surface area contributed by atoms with Crippen LogP contribution in [0.2, 0.25) is 0 Å². The lowest BCUT2D eigenvalue weighted by atomic mass is 10.1. The van der Waals surface area contributed by atoms with Crippen LogP contribution in [0.25, 0.3) is 0 Å². The van der Waals surface area contributed by atoms with Crippen molar-refractivity contribution < 1.29 is 4.74 Å². The lowest BCUT2D eigenvalue weighted by Crippen LogP contribution is -2.46. The van der Waals surface area contributed by atoms with Crippen molar-refractivity contribution in [3.63, 3.8) is 0 Å². The maximum atomic E-state index is 5.40. The summed E-state index contributed by atoms with van der Waals surface area (Å²) in [5.74, 6) is 0. The van der Waals surface area contributed by atoms with E-state index in [9.17, 15) is 0 Å². The van der Waals surface area contributed by atoms with Crippen LogP contribution in [0.3, 0.4) is 0 Å². The first-order valence-corrected chi connectivity index (χ1v) is 5.19. The smallest absolute Gasteiger partial charge is 0.0670 e. The van der Waals surface area contributed by atoms with Crippen LogP contribution in [0.5, 0.6) is 0 Å². The molecule has 1 unspecified atom stereocenters. The molecule has 0 aromatic heterocycles. The van der Waals surface area contributed by atoms with Crippen molar-refractivity contribution >= 4 is 17.1 Å². The molecule has 1 aromatic carbocycles. The molecular weight excluding hydrogens is 194 g/mol. The van der Waals surface area contributed by atoms with Gasteiger partial charge in [0.25, 0.3) is 0 Å². The number of nitrogens with one attached hydrogen (secondary N) is 1. The van der Waals surface area contributed by atoms with E-state index in [-0.39, 0.29) is 6.04 Å². The van der Waals surface area contributed by atoms with Gasteiger partial charge in [-0.15, -0.1) is 0 Å². The van der Waals surface area contributed by atoms with Crippen molar-refractivity contribution in [2.75, 3.05) is 19.8 Å². The zero-order chi connectivity index (χ0) is 9.80. The third-order valence-corrected chi connectivity index (χ3v) is 2.82. The Kier molecular flexibility index (Phi) is 3.24. The van der Waals surface area contributed by atoms with Crippen LogP contribution in [0.1, 0.15) is 5.56 Å². The molecule has 1 N–H and O–H groups in total. The van der Waals surface area contributed by atoms with E-state index in [1.165, 1.54) is 0 Å². The minimum atomic E-state index is 0.196. The third kappa shape index (κ3) is 2.18. The molecule has 2 nitrogen and oxygen atoms in total. The van der Waals surface area contributed by atoms with Gasteiger partial charge >= 0.3 is 0 Å². The lowest BCUT2D eigenvalue weighted by molar-refractivity contribution is 0.0956. The van der Waals surface area contributed by atoms with E-state index >= 15 is 0 Å². The number of thiocarbonyl (C=S) groups is 1. The van der Waals surface area contributed by atoms with Gasteiger partial charge in [-0.25, -0.2) is 0 Å². The van der Waals surface area contributed by atoms with E-state index in [1.54, 1.807) is 0 Å². The average Bonchev–Trinajstić information content (AvgIpc) is 2.30. The predicted octanol–water partition coefficient (Wildman–Crippen LogP) is 1.39. The van der Waals surface area contributed by atoms with Crippen LogP contribution in [0.4, 0.5) is 0 Å². The summed E-state index contributed by atoms with van der Waals surface area (Å²) in [6.07, 6.45) is 0. The summed E-state index contributed by atoms with van der Waals surface area (Å²) in [6, 6.07) is 10.3. The highest BCUT2D eigenvalue weighted by molar-refractivity contribution is 7.81. The Hall–Kier alpha value is -0.770. The number of morpholine rings is 1.